The van der Waals surface area contributed by atoms with Crippen LogP contribution in [-0.4, -0.2) is 31.7 Å². The van der Waals surface area contributed by atoms with E-state index in [2.05, 4.69) is 25.9 Å². The SMILES string of the molecule is Cc1cn(-c2ncc(B(O)O)cc2Br)cn1. The van der Waals surface area contributed by atoms with E-state index in [1.165, 1.54) is 6.20 Å². The molecule has 0 unspecified atom stereocenters. The predicted octanol–water partition coefficient (Wildman–Crippen LogP) is 0.0180. The highest BCUT2D eigenvalue weighted by molar-refractivity contribution is 9.10. The molecule has 0 amide bonds. The summed E-state index contributed by atoms with van der Waals surface area (Å²) in [5.41, 5.74) is 1.23. The van der Waals surface area contributed by atoms with Gasteiger partial charge in [0.2, 0.25) is 0 Å². The van der Waals surface area contributed by atoms with Crippen LogP contribution < -0.4 is 5.46 Å². The molecule has 0 saturated carbocycles. The minimum atomic E-state index is -1.51. The van der Waals surface area contributed by atoms with Gasteiger partial charge in [0.05, 0.1) is 10.2 Å². The summed E-state index contributed by atoms with van der Waals surface area (Å²) in [4.78, 5) is 8.23. The van der Waals surface area contributed by atoms with Gasteiger partial charge in [-0.1, -0.05) is 0 Å². The van der Waals surface area contributed by atoms with Crippen LogP contribution in [0.1, 0.15) is 5.69 Å². The van der Waals surface area contributed by atoms with Gasteiger partial charge >= 0.3 is 7.12 Å². The van der Waals surface area contributed by atoms with Crippen LogP contribution in [0, 0.1) is 6.92 Å². The first-order valence-corrected chi connectivity index (χ1v) is 5.40. The fraction of sp³-hybridized carbons (Fsp3) is 0.111. The molecule has 16 heavy (non-hydrogen) atoms. The van der Waals surface area contributed by atoms with Gasteiger partial charge in [0, 0.05) is 17.9 Å². The van der Waals surface area contributed by atoms with Crippen LogP contribution in [-0.2, 0) is 0 Å². The van der Waals surface area contributed by atoms with Gasteiger partial charge < -0.3 is 10.0 Å². The summed E-state index contributed by atoms with van der Waals surface area (Å²) in [6.07, 6.45) is 4.90. The standard InChI is InChI=1S/C9H9BBrN3O2/c1-6-4-14(5-13-6)9-8(11)2-7(3-12-9)10(15)16/h2-5,15-16H,1H3. The van der Waals surface area contributed by atoms with Gasteiger partial charge in [-0.25, -0.2) is 9.97 Å². The van der Waals surface area contributed by atoms with Gasteiger partial charge in [-0.2, -0.15) is 0 Å². The zero-order valence-corrected chi connectivity index (χ0v) is 10.1. The Balaban J connectivity index is 2.44. The van der Waals surface area contributed by atoms with Gasteiger partial charge in [0.25, 0.3) is 0 Å². The topological polar surface area (TPSA) is 71.2 Å². The van der Waals surface area contributed by atoms with Crippen molar-refractivity contribution in [2.75, 3.05) is 0 Å². The number of aryl methyl sites for hydroxylation is 1. The summed E-state index contributed by atoms with van der Waals surface area (Å²) in [7, 11) is -1.51. The maximum Gasteiger partial charge on any atom is 0.490 e. The number of halogens is 1. The van der Waals surface area contributed by atoms with E-state index in [0.717, 1.165) is 5.69 Å². The molecule has 2 rings (SSSR count). The Bertz CT molecular complexity index is 515. The molecule has 0 aromatic carbocycles. The second-order valence-corrected chi connectivity index (χ2v) is 4.22. The molecular weight excluding hydrogens is 273 g/mol. The fourth-order valence-corrected chi connectivity index (χ4v) is 1.89. The highest BCUT2D eigenvalue weighted by atomic mass is 79.9. The van der Waals surface area contributed by atoms with E-state index in [1.54, 1.807) is 17.0 Å². The maximum atomic E-state index is 8.99. The van der Waals surface area contributed by atoms with E-state index in [9.17, 15) is 0 Å². The number of nitrogens with zero attached hydrogens (tertiary/aromatic N) is 3. The Kier molecular flexibility index (Phi) is 3.09. The molecule has 0 aliphatic rings. The third-order valence-electron chi connectivity index (χ3n) is 2.10. The van der Waals surface area contributed by atoms with E-state index in [0.29, 0.717) is 15.8 Å². The van der Waals surface area contributed by atoms with Crippen LogP contribution in [0.2, 0.25) is 0 Å². The summed E-state index contributed by atoms with van der Waals surface area (Å²) in [6, 6.07) is 1.61. The van der Waals surface area contributed by atoms with E-state index < -0.39 is 7.12 Å². The van der Waals surface area contributed by atoms with Crippen molar-refractivity contribution in [1.82, 2.24) is 14.5 Å². The van der Waals surface area contributed by atoms with Gasteiger partial charge in [-0.15, -0.1) is 0 Å². The van der Waals surface area contributed by atoms with Crippen LogP contribution in [0.3, 0.4) is 0 Å². The van der Waals surface area contributed by atoms with E-state index >= 15 is 0 Å². The quantitative estimate of drug-likeness (QED) is 0.762. The Morgan fingerprint density at radius 2 is 2.12 bits per heavy atom. The second-order valence-electron chi connectivity index (χ2n) is 3.37. The largest absolute Gasteiger partial charge is 0.490 e. The first-order chi connectivity index (χ1) is 7.58. The third-order valence-corrected chi connectivity index (χ3v) is 2.68. The molecule has 0 aliphatic heterocycles. The van der Waals surface area contributed by atoms with Crippen LogP contribution in [0.5, 0.6) is 0 Å². The molecule has 2 aromatic heterocycles. The molecule has 0 bridgehead atoms. The summed E-state index contributed by atoms with van der Waals surface area (Å²) in [5.74, 6) is 0.657. The molecule has 2 heterocycles. The van der Waals surface area contributed by atoms with Crippen molar-refractivity contribution in [3.63, 3.8) is 0 Å². The zero-order valence-electron chi connectivity index (χ0n) is 8.50. The summed E-state index contributed by atoms with van der Waals surface area (Å²) in [6.45, 7) is 1.89. The lowest BCUT2D eigenvalue weighted by Crippen LogP contribution is -2.30. The lowest BCUT2D eigenvalue weighted by molar-refractivity contribution is 0.425. The predicted molar refractivity (Wildman–Crippen MR) is 63.6 cm³/mol. The minimum Gasteiger partial charge on any atom is -0.423 e. The van der Waals surface area contributed by atoms with Gasteiger partial charge in [-0.05, 0) is 28.9 Å². The molecule has 0 saturated heterocycles. The Morgan fingerprint density at radius 3 is 2.62 bits per heavy atom. The monoisotopic (exact) mass is 281 g/mol. The molecule has 2 aromatic rings. The zero-order chi connectivity index (χ0) is 11.7. The molecule has 0 fully saturated rings. The summed E-state index contributed by atoms with van der Waals surface area (Å²) >= 11 is 3.33. The van der Waals surface area contributed by atoms with Crippen molar-refractivity contribution in [3.8, 4) is 5.82 Å². The van der Waals surface area contributed by atoms with E-state index in [1.807, 2.05) is 13.1 Å². The van der Waals surface area contributed by atoms with Crippen molar-refractivity contribution >= 4 is 28.5 Å². The highest BCUT2D eigenvalue weighted by Gasteiger charge is 2.14. The lowest BCUT2D eigenvalue weighted by Gasteiger charge is -2.06. The Hall–Kier alpha value is -1.18. The summed E-state index contributed by atoms with van der Waals surface area (Å²) < 4.78 is 2.43. The second kappa shape index (κ2) is 4.36. The number of rotatable bonds is 2. The number of pyridine rings is 1. The van der Waals surface area contributed by atoms with Crippen molar-refractivity contribution in [1.29, 1.82) is 0 Å². The molecule has 0 spiro atoms. The first-order valence-electron chi connectivity index (χ1n) is 4.60. The van der Waals surface area contributed by atoms with E-state index in [-0.39, 0.29) is 0 Å². The van der Waals surface area contributed by atoms with E-state index in [4.69, 9.17) is 10.0 Å². The average Bonchev–Trinajstić information content (AvgIpc) is 2.64. The molecule has 82 valence electrons. The first kappa shape index (κ1) is 11.3. The molecule has 5 nitrogen and oxygen atoms in total. The highest BCUT2D eigenvalue weighted by Crippen LogP contribution is 2.17. The smallest absolute Gasteiger partial charge is 0.423 e. The maximum absolute atomic E-state index is 8.99. The lowest BCUT2D eigenvalue weighted by atomic mass is 9.82. The Labute approximate surface area is 101 Å². The average molecular weight is 282 g/mol. The van der Waals surface area contributed by atoms with Crippen LogP contribution >= 0.6 is 15.9 Å². The normalized spacial score (nSPS) is 10.5. The van der Waals surface area contributed by atoms with Crippen molar-refractivity contribution < 1.29 is 10.0 Å². The van der Waals surface area contributed by atoms with Crippen molar-refractivity contribution in [2.45, 2.75) is 6.92 Å². The van der Waals surface area contributed by atoms with Gasteiger partial charge in [0.15, 0.2) is 5.82 Å². The molecule has 0 aliphatic carbocycles. The summed E-state index contributed by atoms with van der Waals surface area (Å²) in [5, 5.41) is 18.0. The fourth-order valence-electron chi connectivity index (χ4n) is 1.31. The number of hydrogen-bond donors (Lipinski definition) is 2. The molecule has 2 N–H and O–H groups in total. The van der Waals surface area contributed by atoms with Crippen LogP contribution in [0.4, 0.5) is 0 Å². The van der Waals surface area contributed by atoms with Crippen LogP contribution in [0.15, 0.2) is 29.3 Å². The molecule has 7 heteroatoms. The molecule has 0 radical (unpaired) electrons. The van der Waals surface area contributed by atoms with Crippen LogP contribution in [0.25, 0.3) is 5.82 Å². The number of aromatic nitrogens is 3. The Morgan fingerprint density at radius 1 is 1.38 bits per heavy atom. The van der Waals surface area contributed by atoms with Crippen molar-refractivity contribution in [2.24, 2.45) is 0 Å². The number of imidazole rings is 1. The molecular formula is C9H9BBrN3O2. The third kappa shape index (κ3) is 2.16. The minimum absolute atomic E-state index is 0.340. The van der Waals surface area contributed by atoms with Gasteiger partial charge in [-0.3, -0.25) is 4.57 Å². The molecule has 0 atom stereocenters. The van der Waals surface area contributed by atoms with Crippen molar-refractivity contribution in [3.05, 3.63) is 35.0 Å². The number of hydrogen-bond acceptors (Lipinski definition) is 4. The van der Waals surface area contributed by atoms with Gasteiger partial charge in [0.1, 0.15) is 6.33 Å².